The highest BCUT2D eigenvalue weighted by atomic mass is 79.9. The summed E-state index contributed by atoms with van der Waals surface area (Å²) in [5, 5.41) is 6.72. The quantitative estimate of drug-likeness (QED) is 0.464. The predicted octanol–water partition coefficient (Wildman–Crippen LogP) is 3.09. The molecule has 1 amide bonds. The van der Waals surface area contributed by atoms with Crippen LogP contribution in [0.1, 0.15) is 23.6 Å². The van der Waals surface area contributed by atoms with Crippen LogP contribution in [0.4, 0.5) is 4.39 Å². The van der Waals surface area contributed by atoms with Crippen LogP contribution in [-0.2, 0) is 28.3 Å². The van der Waals surface area contributed by atoms with Gasteiger partial charge in [-0.3, -0.25) is 9.48 Å². The molecule has 164 valence electrons. The molecule has 31 heavy (non-hydrogen) atoms. The van der Waals surface area contributed by atoms with Crippen molar-refractivity contribution in [3.63, 3.8) is 0 Å². The molecule has 3 rings (SSSR count). The smallest absolute Gasteiger partial charge is 0.243 e. The number of amides is 1. The van der Waals surface area contributed by atoms with Gasteiger partial charge in [-0.2, -0.15) is 5.10 Å². The molecule has 3 aromatic rings. The monoisotopic (exact) mass is 508 g/mol. The van der Waals surface area contributed by atoms with Crippen molar-refractivity contribution >= 4 is 31.9 Å². The molecule has 7 nitrogen and oxygen atoms in total. The topological polar surface area (TPSA) is 93.1 Å². The van der Waals surface area contributed by atoms with E-state index in [0.29, 0.717) is 10.0 Å². The van der Waals surface area contributed by atoms with Crippen molar-refractivity contribution in [3.05, 3.63) is 82.3 Å². The number of nitrogens with one attached hydrogen (secondary N) is 2. The van der Waals surface area contributed by atoms with E-state index in [-0.39, 0.29) is 36.0 Å². The Kier molecular flexibility index (Phi) is 7.58. The number of aryl methyl sites for hydroxylation is 2. The summed E-state index contributed by atoms with van der Waals surface area (Å²) in [5.74, 6) is -0.701. The lowest BCUT2D eigenvalue weighted by atomic mass is 10.1. The van der Waals surface area contributed by atoms with E-state index in [9.17, 15) is 17.6 Å². The summed E-state index contributed by atoms with van der Waals surface area (Å²) in [5.41, 5.74) is 1.18. The van der Waals surface area contributed by atoms with Crippen molar-refractivity contribution in [2.75, 3.05) is 6.54 Å². The SMILES string of the molecule is Cn1cc(S(=O)(=O)NCC(NC(=O)CCc2cccc(Br)c2F)c2ccccc2)cn1. The van der Waals surface area contributed by atoms with Crippen LogP contribution in [0.15, 0.2) is 70.3 Å². The van der Waals surface area contributed by atoms with Gasteiger partial charge in [-0.1, -0.05) is 42.5 Å². The van der Waals surface area contributed by atoms with Gasteiger partial charge < -0.3 is 5.32 Å². The summed E-state index contributed by atoms with van der Waals surface area (Å²) in [6.45, 7) is -0.0434. The molecule has 0 fully saturated rings. The first-order chi connectivity index (χ1) is 14.8. The molecule has 1 heterocycles. The fourth-order valence-electron chi connectivity index (χ4n) is 3.01. The van der Waals surface area contributed by atoms with Crippen molar-refractivity contribution in [1.29, 1.82) is 0 Å². The van der Waals surface area contributed by atoms with Crippen LogP contribution in [0.25, 0.3) is 0 Å². The van der Waals surface area contributed by atoms with Crippen molar-refractivity contribution in [2.24, 2.45) is 7.05 Å². The van der Waals surface area contributed by atoms with Crippen LogP contribution in [0, 0.1) is 5.82 Å². The number of sulfonamides is 1. The van der Waals surface area contributed by atoms with Gasteiger partial charge in [0.2, 0.25) is 15.9 Å². The predicted molar refractivity (Wildman–Crippen MR) is 118 cm³/mol. The Balaban J connectivity index is 1.68. The summed E-state index contributed by atoms with van der Waals surface area (Å²) in [6.07, 6.45) is 2.93. The summed E-state index contributed by atoms with van der Waals surface area (Å²) < 4.78 is 43.4. The van der Waals surface area contributed by atoms with Crippen molar-refractivity contribution in [3.8, 4) is 0 Å². The number of halogens is 2. The van der Waals surface area contributed by atoms with E-state index in [0.717, 1.165) is 5.56 Å². The number of carbonyl (C=O) groups excluding carboxylic acids is 1. The Bertz CT molecular complexity index is 1150. The molecule has 1 unspecified atom stereocenters. The summed E-state index contributed by atoms with van der Waals surface area (Å²) in [7, 11) is -2.16. The summed E-state index contributed by atoms with van der Waals surface area (Å²) in [6, 6.07) is 13.4. The minimum atomic E-state index is -3.78. The minimum Gasteiger partial charge on any atom is -0.348 e. The highest BCUT2D eigenvalue weighted by molar-refractivity contribution is 9.10. The number of aromatic nitrogens is 2. The maximum absolute atomic E-state index is 14.1. The van der Waals surface area contributed by atoms with Crippen LogP contribution in [0.3, 0.4) is 0 Å². The lowest BCUT2D eigenvalue weighted by Gasteiger charge is -2.20. The Labute approximate surface area is 188 Å². The van der Waals surface area contributed by atoms with Gasteiger partial charge >= 0.3 is 0 Å². The standard InChI is InChI=1S/C21H22BrFN4O3S/c1-27-14-17(12-24-27)31(29,30)25-13-19(15-6-3-2-4-7-15)26-20(28)11-10-16-8-5-9-18(22)21(16)23/h2-9,12,14,19,25H,10-11,13H2,1H3,(H,26,28). The third-order valence-electron chi connectivity index (χ3n) is 4.66. The second-order valence-electron chi connectivity index (χ2n) is 6.95. The molecule has 0 aliphatic rings. The molecule has 0 radical (unpaired) electrons. The lowest BCUT2D eigenvalue weighted by molar-refractivity contribution is -0.121. The molecule has 2 aromatic carbocycles. The molecule has 10 heteroatoms. The zero-order valence-corrected chi connectivity index (χ0v) is 19.2. The van der Waals surface area contributed by atoms with E-state index in [2.05, 4.69) is 31.1 Å². The van der Waals surface area contributed by atoms with Gasteiger partial charge in [0.15, 0.2) is 0 Å². The molecule has 1 atom stereocenters. The highest BCUT2D eigenvalue weighted by Crippen LogP contribution is 2.20. The number of hydrogen-bond donors (Lipinski definition) is 2. The Morgan fingerprint density at radius 3 is 2.61 bits per heavy atom. The highest BCUT2D eigenvalue weighted by Gasteiger charge is 2.21. The normalized spacial score (nSPS) is 12.5. The van der Waals surface area contributed by atoms with Crippen LogP contribution in [0.2, 0.25) is 0 Å². The second-order valence-corrected chi connectivity index (χ2v) is 9.57. The third-order valence-corrected chi connectivity index (χ3v) is 6.65. The van der Waals surface area contributed by atoms with Crippen LogP contribution >= 0.6 is 15.9 Å². The Morgan fingerprint density at radius 2 is 1.94 bits per heavy atom. The van der Waals surface area contributed by atoms with Crippen LogP contribution < -0.4 is 10.0 Å². The Hall–Kier alpha value is -2.56. The molecule has 0 aliphatic heterocycles. The zero-order chi connectivity index (χ0) is 22.4. The molecular weight excluding hydrogens is 487 g/mol. The van der Waals surface area contributed by atoms with E-state index >= 15 is 0 Å². The van der Waals surface area contributed by atoms with Gasteiger partial charge in [-0.15, -0.1) is 0 Å². The van der Waals surface area contributed by atoms with Crippen LogP contribution in [0.5, 0.6) is 0 Å². The zero-order valence-electron chi connectivity index (χ0n) is 16.8. The third kappa shape index (κ3) is 6.22. The van der Waals surface area contributed by atoms with Gasteiger partial charge in [0.1, 0.15) is 10.7 Å². The molecular formula is C21H22BrFN4O3S. The summed E-state index contributed by atoms with van der Waals surface area (Å²) >= 11 is 3.14. The Morgan fingerprint density at radius 1 is 1.19 bits per heavy atom. The van der Waals surface area contributed by atoms with E-state index in [1.807, 2.05) is 6.07 Å². The number of hydrogen-bond acceptors (Lipinski definition) is 4. The number of carbonyl (C=O) groups is 1. The van der Waals surface area contributed by atoms with E-state index in [1.165, 1.54) is 17.1 Å². The minimum absolute atomic E-state index is 0.0401. The fourth-order valence-corrected chi connectivity index (χ4v) is 4.44. The first kappa shape index (κ1) is 23.1. The van der Waals surface area contributed by atoms with Crippen molar-refractivity contribution in [1.82, 2.24) is 19.8 Å². The first-order valence-electron chi connectivity index (χ1n) is 9.52. The van der Waals surface area contributed by atoms with Gasteiger partial charge in [0.25, 0.3) is 0 Å². The van der Waals surface area contributed by atoms with Gasteiger partial charge in [-0.05, 0) is 39.5 Å². The van der Waals surface area contributed by atoms with Crippen molar-refractivity contribution in [2.45, 2.75) is 23.8 Å². The summed E-state index contributed by atoms with van der Waals surface area (Å²) in [4.78, 5) is 12.6. The average molecular weight is 509 g/mol. The maximum atomic E-state index is 14.1. The molecule has 0 aliphatic carbocycles. The number of rotatable bonds is 9. The van der Waals surface area contributed by atoms with E-state index < -0.39 is 16.1 Å². The molecule has 0 saturated carbocycles. The van der Waals surface area contributed by atoms with Gasteiger partial charge in [0.05, 0.1) is 16.7 Å². The number of benzene rings is 2. The largest absolute Gasteiger partial charge is 0.348 e. The van der Waals surface area contributed by atoms with Crippen molar-refractivity contribution < 1.29 is 17.6 Å². The molecule has 0 spiro atoms. The lowest BCUT2D eigenvalue weighted by Crippen LogP contribution is -2.38. The maximum Gasteiger partial charge on any atom is 0.243 e. The van der Waals surface area contributed by atoms with Crippen LogP contribution in [-0.4, -0.2) is 30.7 Å². The number of nitrogens with zero attached hydrogens (tertiary/aromatic N) is 2. The molecule has 2 N–H and O–H groups in total. The molecule has 0 bridgehead atoms. The average Bonchev–Trinajstić information content (AvgIpc) is 3.20. The second kappa shape index (κ2) is 10.2. The molecule has 0 saturated heterocycles. The molecule has 1 aromatic heterocycles. The van der Waals surface area contributed by atoms with Gasteiger partial charge in [0, 0.05) is 26.2 Å². The van der Waals surface area contributed by atoms with Gasteiger partial charge in [-0.25, -0.2) is 17.5 Å². The van der Waals surface area contributed by atoms with E-state index in [1.54, 1.807) is 49.5 Å². The van der Waals surface area contributed by atoms with E-state index in [4.69, 9.17) is 0 Å². The first-order valence-corrected chi connectivity index (χ1v) is 11.8. The fraction of sp³-hybridized carbons (Fsp3) is 0.238.